The molecule has 0 spiro atoms. The Bertz CT molecular complexity index is 1160. The maximum Gasteiger partial charge on any atom is 0.261 e. The number of thioether (sulfide) groups is 1. The summed E-state index contributed by atoms with van der Waals surface area (Å²) in [5, 5.41) is 1.03. The number of hydrogen-bond donors (Lipinski definition) is 1. The lowest BCUT2D eigenvalue weighted by molar-refractivity contribution is 0.415. The van der Waals surface area contributed by atoms with Crippen LogP contribution >= 0.6 is 11.8 Å². The SMILES string of the molecule is COc1ccc(-c2cc(-c3ccccc3)nc3nc(SC)[nH]c(=O)c23)cc1. The zero-order chi connectivity index (χ0) is 18.8. The highest BCUT2D eigenvalue weighted by Crippen LogP contribution is 2.31. The van der Waals surface area contributed by atoms with Crippen LogP contribution in [-0.4, -0.2) is 28.3 Å². The zero-order valence-corrected chi connectivity index (χ0v) is 15.7. The second-order valence-electron chi connectivity index (χ2n) is 5.92. The number of pyridine rings is 1. The lowest BCUT2D eigenvalue weighted by Gasteiger charge is -2.10. The summed E-state index contributed by atoms with van der Waals surface area (Å²) in [5.41, 5.74) is 3.70. The summed E-state index contributed by atoms with van der Waals surface area (Å²) < 4.78 is 5.24. The molecule has 4 aromatic rings. The van der Waals surface area contributed by atoms with Gasteiger partial charge in [-0.25, -0.2) is 9.97 Å². The van der Waals surface area contributed by atoms with Crippen LogP contribution in [0.15, 0.2) is 70.6 Å². The van der Waals surface area contributed by atoms with Gasteiger partial charge in [-0.1, -0.05) is 54.2 Å². The largest absolute Gasteiger partial charge is 0.497 e. The van der Waals surface area contributed by atoms with Crippen LogP contribution < -0.4 is 10.3 Å². The van der Waals surface area contributed by atoms with Crippen LogP contribution in [0.25, 0.3) is 33.4 Å². The van der Waals surface area contributed by atoms with Crippen molar-refractivity contribution in [3.63, 3.8) is 0 Å². The summed E-state index contributed by atoms with van der Waals surface area (Å²) in [6.07, 6.45) is 1.87. The van der Waals surface area contributed by atoms with Gasteiger partial charge in [0.2, 0.25) is 0 Å². The molecule has 0 atom stereocenters. The Kier molecular flexibility index (Phi) is 4.64. The maximum absolute atomic E-state index is 12.7. The molecule has 0 radical (unpaired) electrons. The Morgan fingerprint density at radius 2 is 1.70 bits per heavy atom. The smallest absolute Gasteiger partial charge is 0.261 e. The van der Waals surface area contributed by atoms with Crippen molar-refractivity contribution in [3.05, 3.63) is 71.0 Å². The summed E-state index contributed by atoms with van der Waals surface area (Å²) in [6.45, 7) is 0. The number of aromatic nitrogens is 3. The molecular formula is C21H17N3O2S. The molecule has 0 aliphatic carbocycles. The molecule has 0 unspecified atom stereocenters. The second-order valence-corrected chi connectivity index (χ2v) is 6.72. The molecule has 0 aliphatic heterocycles. The van der Waals surface area contributed by atoms with Gasteiger partial charge in [0.05, 0.1) is 18.2 Å². The number of fused-ring (bicyclic) bond motifs is 1. The van der Waals surface area contributed by atoms with Crippen molar-refractivity contribution in [1.29, 1.82) is 0 Å². The summed E-state index contributed by atoms with van der Waals surface area (Å²) in [6, 6.07) is 19.4. The standard InChI is InChI=1S/C21H17N3O2S/c1-26-15-10-8-13(9-11-15)16-12-17(14-6-4-3-5-7-14)22-19-18(16)20(25)24-21(23-19)27-2/h3-12H,1-2H3,(H,22,23,24,25). The van der Waals surface area contributed by atoms with Gasteiger partial charge < -0.3 is 9.72 Å². The molecule has 0 saturated carbocycles. The quantitative estimate of drug-likeness (QED) is 0.423. The van der Waals surface area contributed by atoms with Crippen LogP contribution in [0.4, 0.5) is 0 Å². The fourth-order valence-electron chi connectivity index (χ4n) is 2.97. The van der Waals surface area contributed by atoms with Gasteiger partial charge in [0.25, 0.3) is 5.56 Å². The normalized spacial score (nSPS) is 10.9. The van der Waals surface area contributed by atoms with Crippen molar-refractivity contribution in [2.75, 3.05) is 13.4 Å². The zero-order valence-electron chi connectivity index (χ0n) is 14.9. The molecule has 4 rings (SSSR count). The van der Waals surface area contributed by atoms with E-state index in [0.717, 1.165) is 28.1 Å². The van der Waals surface area contributed by atoms with E-state index in [1.807, 2.05) is 66.9 Å². The van der Waals surface area contributed by atoms with E-state index in [-0.39, 0.29) is 5.56 Å². The molecule has 0 fully saturated rings. The third-order valence-electron chi connectivity index (χ3n) is 4.32. The van der Waals surface area contributed by atoms with E-state index in [2.05, 4.69) is 15.0 Å². The van der Waals surface area contributed by atoms with Gasteiger partial charge in [-0.3, -0.25) is 4.79 Å². The summed E-state index contributed by atoms with van der Waals surface area (Å²) >= 11 is 1.38. The van der Waals surface area contributed by atoms with Crippen LogP contribution in [0.5, 0.6) is 5.75 Å². The van der Waals surface area contributed by atoms with Gasteiger partial charge >= 0.3 is 0 Å². The highest BCUT2D eigenvalue weighted by atomic mass is 32.2. The van der Waals surface area contributed by atoms with Gasteiger partial charge in [0.1, 0.15) is 5.75 Å². The number of benzene rings is 2. The van der Waals surface area contributed by atoms with Gasteiger partial charge in [0, 0.05) is 11.1 Å². The molecule has 0 bridgehead atoms. The monoisotopic (exact) mass is 375 g/mol. The number of aromatic amines is 1. The topological polar surface area (TPSA) is 67.9 Å². The van der Waals surface area contributed by atoms with Crippen LogP contribution in [0, 0.1) is 0 Å². The van der Waals surface area contributed by atoms with Crippen LogP contribution in [-0.2, 0) is 0 Å². The van der Waals surface area contributed by atoms with Crippen LogP contribution in [0.2, 0.25) is 0 Å². The van der Waals surface area contributed by atoms with Gasteiger partial charge in [-0.15, -0.1) is 0 Å². The van der Waals surface area contributed by atoms with Crippen LogP contribution in [0.1, 0.15) is 0 Å². The highest BCUT2D eigenvalue weighted by molar-refractivity contribution is 7.98. The Balaban J connectivity index is 2.03. The number of methoxy groups -OCH3 is 1. The minimum Gasteiger partial charge on any atom is -0.497 e. The lowest BCUT2D eigenvalue weighted by atomic mass is 10.00. The maximum atomic E-state index is 12.7. The number of ether oxygens (including phenoxy) is 1. The number of nitrogens with one attached hydrogen (secondary N) is 1. The summed E-state index contributed by atoms with van der Waals surface area (Å²) in [7, 11) is 1.63. The van der Waals surface area contributed by atoms with Crippen molar-refractivity contribution in [3.8, 4) is 28.1 Å². The molecule has 27 heavy (non-hydrogen) atoms. The van der Waals surface area contributed by atoms with Crippen molar-refractivity contribution >= 4 is 22.8 Å². The minimum absolute atomic E-state index is 0.192. The molecule has 2 heterocycles. The molecule has 1 N–H and O–H groups in total. The van der Waals surface area contributed by atoms with Gasteiger partial charge in [0.15, 0.2) is 10.8 Å². The average Bonchev–Trinajstić information content (AvgIpc) is 2.73. The molecule has 134 valence electrons. The van der Waals surface area contributed by atoms with E-state index >= 15 is 0 Å². The number of nitrogens with zero attached hydrogens (tertiary/aromatic N) is 2. The molecule has 2 aromatic heterocycles. The number of rotatable bonds is 4. The van der Waals surface area contributed by atoms with E-state index in [0.29, 0.717) is 16.2 Å². The Hall–Kier alpha value is -3.12. The second kappa shape index (κ2) is 7.25. The molecule has 0 saturated heterocycles. The average molecular weight is 375 g/mol. The Morgan fingerprint density at radius 1 is 0.963 bits per heavy atom. The van der Waals surface area contributed by atoms with Gasteiger partial charge in [-0.05, 0) is 30.0 Å². The fraction of sp³-hybridized carbons (Fsp3) is 0.0952. The molecule has 0 amide bonds. The van der Waals surface area contributed by atoms with Crippen molar-refractivity contribution < 1.29 is 4.74 Å². The fourth-order valence-corrected chi connectivity index (χ4v) is 3.34. The third-order valence-corrected chi connectivity index (χ3v) is 4.90. The third kappa shape index (κ3) is 3.31. The molecule has 0 aliphatic rings. The summed E-state index contributed by atoms with van der Waals surface area (Å²) in [4.78, 5) is 24.8. The van der Waals surface area contributed by atoms with E-state index in [1.54, 1.807) is 7.11 Å². The van der Waals surface area contributed by atoms with E-state index in [1.165, 1.54) is 11.8 Å². The van der Waals surface area contributed by atoms with Gasteiger partial charge in [-0.2, -0.15) is 0 Å². The van der Waals surface area contributed by atoms with E-state index in [9.17, 15) is 4.79 Å². The minimum atomic E-state index is -0.192. The Labute approximate surface area is 160 Å². The predicted octanol–water partition coefficient (Wildman–Crippen LogP) is 4.38. The van der Waals surface area contributed by atoms with E-state index in [4.69, 9.17) is 4.74 Å². The van der Waals surface area contributed by atoms with Crippen molar-refractivity contribution in [2.24, 2.45) is 0 Å². The first kappa shape index (κ1) is 17.3. The Morgan fingerprint density at radius 3 is 2.37 bits per heavy atom. The van der Waals surface area contributed by atoms with Crippen LogP contribution in [0.3, 0.4) is 0 Å². The highest BCUT2D eigenvalue weighted by Gasteiger charge is 2.15. The molecular weight excluding hydrogens is 358 g/mol. The molecule has 2 aromatic carbocycles. The van der Waals surface area contributed by atoms with Crippen molar-refractivity contribution in [2.45, 2.75) is 5.16 Å². The summed E-state index contributed by atoms with van der Waals surface area (Å²) in [5.74, 6) is 0.761. The number of hydrogen-bond acceptors (Lipinski definition) is 5. The lowest BCUT2D eigenvalue weighted by Crippen LogP contribution is -2.11. The first-order valence-electron chi connectivity index (χ1n) is 8.38. The first-order valence-corrected chi connectivity index (χ1v) is 9.61. The predicted molar refractivity (Wildman–Crippen MR) is 109 cm³/mol. The van der Waals surface area contributed by atoms with E-state index < -0.39 is 0 Å². The van der Waals surface area contributed by atoms with Crippen molar-refractivity contribution in [1.82, 2.24) is 15.0 Å². The molecule has 5 nitrogen and oxygen atoms in total. The number of H-pyrrole nitrogens is 1. The molecule has 6 heteroatoms. The first-order chi connectivity index (χ1) is 13.2.